The molecule has 3 heteroatoms. The van der Waals surface area contributed by atoms with E-state index >= 15 is 0 Å². The minimum absolute atomic E-state index is 0.104. The van der Waals surface area contributed by atoms with Gasteiger partial charge in [0.2, 0.25) is 0 Å². The third-order valence-corrected chi connectivity index (χ3v) is 3.12. The molecule has 78 valence electrons. The van der Waals surface area contributed by atoms with Gasteiger partial charge in [-0.3, -0.25) is 0 Å². The van der Waals surface area contributed by atoms with Crippen LogP contribution in [0.5, 0.6) is 5.75 Å². The number of nitrogens with one attached hydrogen (secondary N) is 1. The SMILES string of the molecule is CNC(C)c1cc(Cl)c(C)c(C)c1O. The summed E-state index contributed by atoms with van der Waals surface area (Å²) in [5, 5.41) is 13.7. The van der Waals surface area contributed by atoms with Crippen LogP contribution in [0.3, 0.4) is 0 Å². The van der Waals surface area contributed by atoms with Crippen LogP contribution in [0.4, 0.5) is 0 Å². The van der Waals surface area contributed by atoms with Crippen molar-refractivity contribution in [1.82, 2.24) is 5.32 Å². The van der Waals surface area contributed by atoms with Crippen LogP contribution in [0.15, 0.2) is 6.07 Å². The number of phenolic OH excluding ortho intramolecular Hbond substituents is 1. The molecule has 0 saturated carbocycles. The lowest BCUT2D eigenvalue weighted by Crippen LogP contribution is -2.13. The molecule has 2 N–H and O–H groups in total. The van der Waals surface area contributed by atoms with Gasteiger partial charge in [-0.05, 0) is 45.0 Å². The molecule has 1 unspecified atom stereocenters. The molecule has 0 aliphatic carbocycles. The number of rotatable bonds is 2. The second kappa shape index (κ2) is 4.20. The van der Waals surface area contributed by atoms with Gasteiger partial charge in [-0.1, -0.05) is 11.6 Å². The molecule has 0 radical (unpaired) electrons. The molecule has 0 fully saturated rings. The number of phenols is 1. The van der Waals surface area contributed by atoms with Crippen molar-refractivity contribution in [3.05, 3.63) is 27.8 Å². The lowest BCUT2D eigenvalue weighted by molar-refractivity contribution is 0.453. The molecule has 2 nitrogen and oxygen atoms in total. The summed E-state index contributed by atoms with van der Waals surface area (Å²) >= 11 is 6.05. The van der Waals surface area contributed by atoms with Gasteiger partial charge in [0.05, 0.1) is 0 Å². The van der Waals surface area contributed by atoms with Gasteiger partial charge in [0.15, 0.2) is 0 Å². The lowest BCUT2D eigenvalue weighted by atomic mass is 10.00. The van der Waals surface area contributed by atoms with Crippen LogP contribution in [-0.2, 0) is 0 Å². The number of benzene rings is 1. The van der Waals surface area contributed by atoms with E-state index in [1.165, 1.54) is 0 Å². The van der Waals surface area contributed by atoms with Crippen molar-refractivity contribution >= 4 is 11.6 Å². The van der Waals surface area contributed by atoms with Gasteiger partial charge in [0.1, 0.15) is 5.75 Å². The van der Waals surface area contributed by atoms with Crippen LogP contribution >= 0.6 is 11.6 Å². The highest BCUT2D eigenvalue weighted by atomic mass is 35.5. The van der Waals surface area contributed by atoms with Crippen LogP contribution in [-0.4, -0.2) is 12.2 Å². The maximum absolute atomic E-state index is 9.91. The summed E-state index contributed by atoms with van der Waals surface area (Å²) in [6, 6.07) is 1.92. The lowest BCUT2D eigenvalue weighted by Gasteiger charge is -2.16. The Morgan fingerprint density at radius 2 is 1.93 bits per heavy atom. The Balaban J connectivity index is 3.33. The average Bonchev–Trinajstić information content (AvgIpc) is 2.19. The molecule has 14 heavy (non-hydrogen) atoms. The fourth-order valence-electron chi connectivity index (χ4n) is 1.37. The topological polar surface area (TPSA) is 32.3 Å². The summed E-state index contributed by atoms with van der Waals surface area (Å²) in [4.78, 5) is 0. The van der Waals surface area contributed by atoms with E-state index in [0.29, 0.717) is 10.8 Å². The first kappa shape index (κ1) is 11.3. The molecule has 0 saturated heterocycles. The Bertz CT molecular complexity index is 350. The van der Waals surface area contributed by atoms with Crippen molar-refractivity contribution in [1.29, 1.82) is 0 Å². The Morgan fingerprint density at radius 3 is 2.43 bits per heavy atom. The molecule has 0 amide bonds. The molecular formula is C11H16ClNO. The molecule has 0 bridgehead atoms. The summed E-state index contributed by atoms with van der Waals surface area (Å²) in [6.45, 7) is 5.77. The number of halogens is 1. The number of aromatic hydroxyl groups is 1. The molecule has 0 aromatic heterocycles. The molecule has 0 heterocycles. The molecule has 1 atom stereocenters. The average molecular weight is 214 g/mol. The van der Waals surface area contributed by atoms with Gasteiger partial charge in [0, 0.05) is 16.6 Å². The van der Waals surface area contributed by atoms with Gasteiger partial charge >= 0.3 is 0 Å². The Morgan fingerprint density at radius 1 is 1.36 bits per heavy atom. The predicted molar refractivity (Wildman–Crippen MR) is 60.1 cm³/mol. The second-order valence-electron chi connectivity index (χ2n) is 3.56. The number of hydrogen-bond donors (Lipinski definition) is 2. The van der Waals surface area contributed by atoms with Gasteiger partial charge in [-0.25, -0.2) is 0 Å². The zero-order chi connectivity index (χ0) is 10.9. The first-order chi connectivity index (χ1) is 6.49. The van der Waals surface area contributed by atoms with E-state index in [1.54, 1.807) is 0 Å². The van der Waals surface area contributed by atoms with Gasteiger partial charge in [-0.2, -0.15) is 0 Å². The smallest absolute Gasteiger partial charge is 0.123 e. The van der Waals surface area contributed by atoms with Crippen molar-refractivity contribution in [2.45, 2.75) is 26.8 Å². The Hall–Kier alpha value is -0.730. The maximum atomic E-state index is 9.91. The summed E-state index contributed by atoms with van der Waals surface area (Å²) in [7, 11) is 1.85. The van der Waals surface area contributed by atoms with E-state index < -0.39 is 0 Å². The first-order valence-electron chi connectivity index (χ1n) is 4.64. The van der Waals surface area contributed by atoms with E-state index in [1.807, 2.05) is 33.9 Å². The zero-order valence-electron chi connectivity index (χ0n) is 8.98. The standard InChI is InChI=1S/C11H16ClNO/c1-6-7(2)11(14)9(5-10(6)12)8(3)13-4/h5,8,13-14H,1-4H3. The molecule has 0 aliphatic heterocycles. The predicted octanol–water partition coefficient (Wildman–Crippen LogP) is 2.94. The van der Waals surface area contributed by atoms with Crippen LogP contribution < -0.4 is 5.32 Å². The van der Waals surface area contributed by atoms with Crippen molar-refractivity contribution < 1.29 is 5.11 Å². The summed E-state index contributed by atoms with van der Waals surface area (Å²) < 4.78 is 0. The van der Waals surface area contributed by atoms with Crippen LogP contribution in [0, 0.1) is 13.8 Å². The molecular weight excluding hydrogens is 198 g/mol. The van der Waals surface area contributed by atoms with Crippen molar-refractivity contribution in [2.75, 3.05) is 7.05 Å². The quantitative estimate of drug-likeness (QED) is 0.792. The Labute approximate surface area is 89.9 Å². The van der Waals surface area contributed by atoms with Crippen molar-refractivity contribution in [2.24, 2.45) is 0 Å². The van der Waals surface area contributed by atoms with Crippen LogP contribution in [0.25, 0.3) is 0 Å². The summed E-state index contributed by atoms with van der Waals surface area (Å²) in [5.74, 6) is 0.341. The van der Waals surface area contributed by atoms with Crippen molar-refractivity contribution in [3.63, 3.8) is 0 Å². The Kier molecular flexibility index (Phi) is 3.40. The highest BCUT2D eigenvalue weighted by molar-refractivity contribution is 6.31. The summed E-state index contributed by atoms with van der Waals surface area (Å²) in [5.41, 5.74) is 2.64. The third-order valence-electron chi connectivity index (χ3n) is 2.73. The number of hydrogen-bond acceptors (Lipinski definition) is 2. The summed E-state index contributed by atoms with van der Waals surface area (Å²) in [6.07, 6.45) is 0. The highest BCUT2D eigenvalue weighted by Crippen LogP contribution is 2.34. The highest BCUT2D eigenvalue weighted by Gasteiger charge is 2.14. The first-order valence-corrected chi connectivity index (χ1v) is 5.02. The van der Waals surface area contributed by atoms with Crippen LogP contribution in [0.2, 0.25) is 5.02 Å². The maximum Gasteiger partial charge on any atom is 0.123 e. The van der Waals surface area contributed by atoms with E-state index in [0.717, 1.165) is 16.7 Å². The van der Waals surface area contributed by atoms with E-state index in [2.05, 4.69) is 5.32 Å². The fraction of sp³-hybridized carbons (Fsp3) is 0.455. The van der Waals surface area contributed by atoms with E-state index in [9.17, 15) is 5.11 Å². The normalized spacial score (nSPS) is 12.9. The monoisotopic (exact) mass is 213 g/mol. The zero-order valence-corrected chi connectivity index (χ0v) is 9.74. The second-order valence-corrected chi connectivity index (χ2v) is 3.96. The molecule has 0 aliphatic rings. The molecule has 1 rings (SSSR count). The largest absolute Gasteiger partial charge is 0.507 e. The third kappa shape index (κ3) is 1.86. The van der Waals surface area contributed by atoms with Gasteiger partial charge in [-0.15, -0.1) is 0 Å². The van der Waals surface area contributed by atoms with E-state index in [-0.39, 0.29) is 6.04 Å². The van der Waals surface area contributed by atoms with Gasteiger partial charge in [0.25, 0.3) is 0 Å². The fourth-order valence-corrected chi connectivity index (χ4v) is 1.63. The molecule has 1 aromatic carbocycles. The molecule has 1 aromatic rings. The van der Waals surface area contributed by atoms with Gasteiger partial charge < -0.3 is 10.4 Å². The minimum atomic E-state index is 0.104. The van der Waals surface area contributed by atoms with Crippen molar-refractivity contribution in [3.8, 4) is 5.75 Å². The van der Waals surface area contributed by atoms with Crippen LogP contribution in [0.1, 0.15) is 29.7 Å². The van der Waals surface area contributed by atoms with E-state index in [4.69, 9.17) is 11.6 Å². The molecule has 0 spiro atoms. The minimum Gasteiger partial charge on any atom is -0.507 e.